The number of phenolic OH excluding ortho intramolecular Hbond substituents is 3. The lowest BCUT2D eigenvalue weighted by atomic mass is 9.80. The van der Waals surface area contributed by atoms with Gasteiger partial charge in [0, 0.05) is 24.0 Å². The van der Waals surface area contributed by atoms with Gasteiger partial charge in [0.05, 0.1) is 0 Å². The normalized spacial score (nSPS) is 25.7. The fourth-order valence-electron chi connectivity index (χ4n) is 3.46. The van der Waals surface area contributed by atoms with Crippen LogP contribution in [0.15, 0.2) is 30.3 Å². The van der Waals surface area contributed by atoms with Crippen molar-refractivity contribution in [2.24, 2.45) is 0 Å². The molecular formula is C16H14O5. The van der Waals surface area contributed by atoms with Crippen molar-refractivity contribution in [1.29, 1.82) is 0 Å². The van der Waals surface area contributed by atoms with Gasteiger partial charge in [-0.25, -0.2) is 0 Å². The minimum Gasteiger partial charge on any atom is -0.508 e. The Balaban J connectivity index is 1.95. The number of benzene rings is 2. The van der Waals surface area contributed by atoms with Crippen molar-refractivity contribution in [3.05, 3.63) is 47.0 Å². The van der Waals surface area contributed by atoms with Crippen molar-refractivity contribution < 1.29 is 25.2 Å². The van der Waals surface area contributed by atoms with Gasteiger partial charge in [-0.05, 0) is 29.3 Å². The third kappa shape index (κ3) is 1.61. The molecule has 5 heteroatoms. The smallest absolute Gasteiger partial charge is 0.157 e. The Hall–Kier alpha value is -2.40. The van der Waals surface area contributed by atoms with Crippen molar-refractivity contribution in [1.82, 2.24) is 0 Å². The standard InChI is InChI=1S/C16H14O5/c17-9-1-2-10-14(4-9)21-7-16(20)6-8-3-12(18)13(19)5-11(8)15(10)16/h1-5,15,17-20H,6-7H2/t15?,16-/m1/s1. The molecule has 0 spiro atoms. The first-order valence-electron chi connectivity index (χ1n) is 6.71. The van der Waals surface area contributed by atoms with E-state index in [0.717, 1.165) is 16.7 Å². The molecule has 2 aromatic carbocycles. The summed E-state index contributed by atoms with van der Waals surface area (Å²) in [6, 6.07) is 7.77. The molecule has 2 aromatic rings. The molecule has 0 saturated heterocycles. The highest BCUT2D eigenvalue weighted by molar-refractivity contribution is 5.58. The third-order valence-corrected chi connectivity index (χ3v) is 4.37. The molecule has 4 N–H and O–H groups in total. The summed E-state index contributed by atoms with van der Waals surface area (Å²) < 4.78 is 5.58. The fourth-order valence-corrected chi connectivity index (χ4v) is 3.46. The van der Waals surface area contributed by atoms with E-state index < -0.39 is 5.60 Å². The van der Waals surface area contributed by atoms with Crippen LogP contribution in [0.25, 0.3) is 0 Å². The summed E-state index contributed by atoms with van der Waals surface area (Å²) in [5.41, 5.74) is 1.24. The minimum absolute atomic E-state index is 0.102. The van der Waals surface area contributed by atoms with E-state index in [1.807, 2.05) is 0 Å². The van der Waals surface area contributed by atoms with Gasteiger partial charge in [-0.15, -0.1) is 0 Å². The molecule has 1 unspecified atom stereocenters. The van der Waals surface area contributed by atoms with Crippen LogP contribution < -0.4 is 4.74 Å². The number of hydrogen-bond acceptors (Lipinski definition) is 5. The van der Waals surface area contributed by atoms with E-state index in [1.54, 1.807) is 12.1 Å². The summed E-state index contributed by atoms with van der Waals surface area (Å²) in [6.07, 6.45) is 0.348. The molecule has 1 heterocycles. The van der Waals surface area contributed by atoms with Crippen molar-refractivity contribution >= 4 is 0 Å². The first kappa shape index (κ1) is 12.3. The van der Waals surface area contributed by atoms with Crippen LogP contribution in [-0.4, -0.2) is 32.6 Å². The van der Waals surface area contributed by atoms with E-state index in [0.29, 0.717) is 12.2 Å². The average molecular weight is 286 g/mol. The second-order valence-electron chi connectivity index (χ2n) is 5.76. The number of hydrogen-bond donors (Lipinski definition) is 4. The van der Waals surface area contributed by atoms with Gasteiger partial charge in [0.1, 0.15) is 23.7 Å². The Bertz CT molecular complexity index is 755. The molecule has 0 fully saturated rings. The van der Waals surface area contributed by atoms with Gasteiger partial charge < -0.3 is 25.2 Å². The number of ether oxygens (including phenoxy) is 1. The maximum atomic E-state index is 10.9. The van der Waals surface area contributed by atoms with Crippen molar-refractivity contribution in [3.63, 3.8) is 0 Å². The summed E-state index contributed by atoms with van der Waals surface area (Å²) >= 11 is 0. The van der Waals surface area contributed by atoms with Gasteiger partial charge in [-0.1, -0.05) is 6.07 Å². The van der Waals surface area contributed by atoms with Crippen molar-refractivity contribution in [3.8, 4) is 23.0 Å². The maximum absolute atomic E-state index is 10.9. The largest absolute Gasteiger partial charge is 0.508 e. The molecule has 0 radical (unpaired) electrons. The molecule has 2 aliphatic rings. The molecular weight excluding hydrogens is 272 g/mol. The van der Waals surface area contributed by atoms with E-state index in [9.17, 15) is 20.4 Å². The van der Waals surface area contributed by atoms with E-state index in [-0.39, 0.29) is 29.8 Å². The van der Waals surface area contributed by atoms with Crippen LogP contribution in [-0.2, 0) is 6.42 Å². The molecule has 5 nitrogen and oxygen atoms in total. The van der Waals surface area contributed by atoms with Crippen LogP contribution in [0.5, 0.6) is 23.0 Å². The van der Waals surface area contributed by atoms with Crippen LogP contribution in [0.1, 0.15) is 22.6 Å². The molecule has 2 atom stereocenters. The highest BCUT2D eigenvalue weighted by atomic mass is 16.5. The highest BCUT2D eigenvalue weighted by Crippen LogP contribution is 2.52. The first-order valence-corrected chi connectivity index (χ1v) is 6.71. The molecule has 0 aromatic heterocycles. The van der Waals surface area contributed by atoms with Gasteiger partial charge in [-0.3, -0.25) is 0 Å². The Morgan fingerprint density at radius 1 is 1.00 bits per heavy atom. The van der Waals surface area contributed by atoms with Gasteiger partial charge in [0.2, 0.25) is 0 Å². The number of aromatic hydroxyl groups is 3. The SMILES string of the molecule is Oc1ccc2c(c1)OC[C@]1(O)Cc3cc(O)c(O)cc3C21. The van der Waals surface area contributed by atoms with Gasteiger partial charge in [0.25, 0.3) is 0 Å². The van der Waals surface area contributed by atoms with Gasteiger partial charge in [-0.2, -0.15) is 0 Å². The first-order chi connectivity index (χ1) is 9.98. The number of rotatable bonds is 0. The molecule has 108 valence electrons. The molecule has 1 aliphatic heterocycles. The zero-order valence-corrected chi connectivity index (χ0v) is 11.1. The van der Waals surface area contributed by atoms with E-state index in [1.165, 1.54) is 18.2 Å². The second kappa shape index (κ2) is 3.83. The Labute approximate surface area is 120 Å². The van der Waals surface area contributed by atoms with E-state index >= 15 is 0 Å². The van der Waals surface area contributed by atoms with Gasteiger partial charge in [0.15, 0.2) is 11.5 Å². The maximum Gasteiger partial charge on any atom is 0.157 e. The Morgan fingerprint density at radius 2 is 1.76 bits per heavy atom. The highest BCUT2D eigenvalue weighted by Gasteiger charge is 2.50. The zero-order valence-electron chi connectivity index (χ0n) is 11.1. The van der Waals surface area contributed by atoms with Gasteiger partial charge >= 0.3 is 0 Å². The van der Waals surface area contributed by atoms with Crippen LogP contribution in [0.4, 0.5) is 0 Å². The lowest BCUT2D eigenvalue weighted by molar-refractivity contribution is -0.0218. The van der Waals surface area contributed by atoms with Crippen LogP contribution in [0.2, 0.25) is 0 Å². The third-order valence-electron chi connectivity index (χ3n) is 4.37. The van der Waals surface area contributed by atoms with Crippen LogP contribution in [0.3, 0.4) is 0 Å². The van der Waals surface area contributed by atoms with Crippen molar-refractivity contribution in [2.75, 3.05) is 6.61 Å². The number of phenols is 3. The predicted octanol–water partition coefficient (Wildman–Crippen LogP) is 1.61. The number of fused-ring (bicyclic) bond motifs is 5. The lowest BCUT2D eigenvalue weighted by Crippen LogP contribution is -2.43. The fraction of sp³-hybridized carbons (Fsp3) is 0.250. The predicted molar refractivity (Wildman–Crippen MR) is 73.9 cm³/mol. The average Bonchev–Trinajstić information content (AvgIpc) is 2.71. The second-order valence-corrected chi connectivity index (χ2v) is 5.76. The molecule has 0 bridgehead atoms. The van der Waals surface area contributed by atoms with E-state index in [4.69, 9.17) is 4.74 Å². The zero-order chi connectivity index (χ0) is 14.8. The lowest BCUT2D eigenvalue weighted by Gasteiger charge is -2.36. The summed E-state index contributed by atoms with van der Waals surface area (Å²) in [4.78, 5) is 0. The number of aliphatic hydroxyl groups is 1. The van der Waals surface area contributed by atoms with Crippen LogP contribution >= 0.6 is 0 Å². The monoisotopic (exact) mass is 286 g/mol. The summed E-state index contributed by atoms with van der Waals surface area (Å²) in [5, 5.41) is 39.8. The molecule has 0 saturated carbocycles. The molecule has 1 aliphatic carbocycles. The summed E-state index contributed by atoms with van der Waals surface area (Å²) in [7, 11) is 0. The van der Waals surface area contributed by atoms with Crippen molar-refractivity contribution in [2.45, 2.75) is 17.9 Å². The summed E-state index contributed by atoms with van der Waals surface area (Å²) in [5.74, 6) is -0.105. The molecule has 0 amide bonds. The molecule has 21 heavy (non-hydrogen) atoms. The topological polar surface area (TPSA) is 90.2 Å². The van der Waals surface area contributed by atoms with E-state index in [2.05, 4.69) is 0 Å². The molecule has 4 rings (SSSR count). The summed E-state index contributed by atoms with van der Waals surface area (Å²) in [6.45, 7) is 0.102. The quantitative estimate of drug-likeness (QED) is 0.552. The Morgan fingerprint density at radius 3 is 2.57 bits per heavy atom. The Kier molecular flexibility index (Phi) is 2.25. The minimum atomic E-state index is -1.10. The van der Waals surface area contributed by atoms with Crippen LogP contribution in [0, 0.1) is 0 Å².